The Morgan fingerprint density at radius 3 is 2.23 bits per heavy atom. The number of rotatable bonds is 3. The highest BCUT2D eigenvalue weighted by atomic mass is 16.5. The predicted octanol–water partition coefficient (Wildman–Crippen LogP) is 1.70. The first-order chi connectivity index (χ1) is 5.79. The summed E-state index contributed by atoms with van der Waals surface area (Å²) in [7, 11) is 0. The van der Waals surface area contributed by atoms with Gasteiger partial charge in [0, 0.05) is 0 Å². The highest BCUT2D eigenvalue weighted by molar-refractivity contribution is 5.76. The number of esters is 1. The normalized spacial score (nSPS) is 16.5. The second kappa shape index (κ2) is 4.61. The van der Waals surface area contributed by atoms with Crippen molar-refractivity contribution in [1.29, 1.82) is 0 Å². The summed E-state index contributed by atoms with van der Waals surface area (Å²) in [6.07, 6.45) is 0.781. The fourth-order valence-electron chi connectivity index (χ4n) is 0.708. The minimum atomic E-state index is -0.540. The number of nitrogens with two attached hydrogens (primary N) is 1. The maximum atomic E-state index is 11.4. The van der Waals surface area contributed by atoms with Crippen LogP contribution in [0.3, 0.4) is 0 Å². The summed E-state index contributed by atoms with van der Waals surface area (Å²) in [4.78, 5) is 11.4. The molecule has 0 aliphatic heterocycles. The molecule has 0 amide bonds. The van der Waals surface area contributed by atoms with Gasteiger partial charge in [-0.2, -0.15) is 0 Å². The predicted molar refractivity (Wildman–Crippen MR) is 53.3 cm³/mol. The smallest absolute Gasteiger partial charge is 0.323 e. The van der Waals surface area contributed by atoms with Gasteiger partial charge >= 0.3 is 5.97 Å². The monoisotopic (exact) mass is 187 g/mol. The lowest BCUT2D eigenvalue weighted by molar-refractivity contribution is -0.152. The van der Waals surface area contributed by atoms with E-state index in [1.54, 1.807) is 0 Å². The molecule has 0 saturated carbocycles. The number of hydrogen-bond donors (Lipinski definition) is 1. The average molecular weight is 187 g/mol. The number of ether oxygens (including phenoxy) is 1. The van der Waals surface area contributed by atoms with Gasteiger partial charge in [-0.05, 0) is 18.8 Å². The van der Waals surface area contributed by atoms with Crippen molar-refractivity contribution in [3.63, 3.8) is 0 Å². The topological polar surface area (TPSA) is 52.3 Å². The van der Waals surface area contributed by atoms with E-state index in [9.17, 15) is 4.79 Å². The maximum absolute atomic E-state index is 11.4. The molecule has 1 unspecified atom stereocenters. The Morgan fingerprint density at radius 2 is 1.92 bits per heavy atom. The van der Waals surface area contributed by atoms with Gasteiger partial charge in [0.2, 0.25) is 0 Å². The van der Waals surface area contributed by atoms with E-state index in [2.05, 4.69) is 0 Å². The van der Waals surface area contributed by atoms with Gasteiger partial charge < -0.3 is 10.5 Å². The summed E-state index contributed by atoms with van der Waals surface area (Å²) in [6, 6.07) is -0.540. The molecule has 2 N–H and O–H groups in total. The van der Waals surface area contributed by atoms with Crippen molar-refractivity contribution < 1.29 is 9.53 Å². The maximum Gasteiger partial charge on any atom is 0.323 e. The molecular weight excluding hydrogens is 166 g/mol. The number of carbonyl (C=O) groups excluding carboxylic acids is 1. The fourth-order valence-corrected chi connectivity index (χ4v) is 0.708. The quantitative estimate of drug-likeness (QED) is 0.684. The van der Waals surface area contributed by atoms with E-state index < -0.39 is 6.04 Å². The molecule has 0 spiro atoms. The Balaban J connectivity index is 4.12. The van der Waals surface area contributed by atoms with Crippen molar-refractivity contribution in [3.05, 3.63) is 0 Å². The van der Waals surface area contributed by atoms with E-state index in [0.717, 1.165) is 6.42 Å². The molecule has 3 nitrogen and oxygen atoms in total. The molecule has 0 saturated heterocycles. The van der Waals surface area contributed by atoms with Crippen molar-refractivity contribution in [3.8, 4) is 0 Å². The molecule has 0 radical (unpaired) electrons. The number of carbonyl (C=O) groups is 1. The zero-order valence-corrected chi connectivity index (χ0v) is 9.26. The second-order valence-corrected chi connectivity index (χ2v) is 4.50. The lowest BCUT2D eigenvalue weighted by Gasteiger charge is -2.26. The van der Waals surface area contributed by atoms with Crippen LogP contribution in [0.25, 0.3) is 0 Å². The summed E-state index contributed by atoms with van der Waals surface area (Å²) < 4.78 is 5.12. The third-order valence-corrected chi connectivity index (χ3v) is 2.08. The molecule has 0 aromatic heterocycles. The van der Waals surface area contributed by atoms with E-state index in [1.807, 2.05) is 34.6 Å². The Hall–Kier alpha value is -0.570. The number of hydrogen-bond acceptors (Lipinski definition) is 3. The average Bonchev–Trinajstić information content (AvgIpc) is 2.01. The summed E-state index contributed by atoms with van der Waals surface area (Å²) >= 11 is 0. The van der Waals surface area contributed by atoms with Gasteiger partial charge in [-0.1, -0.05) is 27.7 Å². The van der Waals surface area contributed by atoms with Crippen molar-refractivity contribution in [2.75, 3.05) is 0 Å². The van der Waals surface area contributed by atoms with Crippen LogP contribution >= 0.6 is 0 Å². The van der Waals surface area contributed by atoms with Crippen molar-refractivity contribution in [2.24, 2.45) is 11.1 Å². The zero-order chi connectivity index (χ0) is 10.6. The van der Waals surface area contributed by atoms with E-state index in [-0.39, 0.29) is 17.5 Å². The highest BCUT2D eigenvalue weighted by Crippen LogP contribution is 2.18. The van der Waals surface area contributed by atoms with Crippen LogP contribution in [0.4, 0.5) is 0 Å². The minimum Gasteiger partial charge on any atom is -0.462 e. The van der Waals surface area contributed by atoms with Crippen LogP contribution in [0.5, 0.6) is 0 Å². The van der Waals surface area contributed by atoms with Crippen LogP contribution in [-0.4, -0.2) is 18.1 Å². The molecule has 0 aliphatic rings. The molecule has 0 aliphatic carbocycles. The first-order valence-corrected chi connectivity index (χ1v) is 4.75. The van der Waals surface area contributed by atoms with E-state index in [1.165, 1.54) is 0 Å². The molecule has 3 heteroatoms. The molecule has 0 aromatic rings. The molecular formula is C10H21NO2. The molecule has 0 bridgehead atoms. The Bertz CT molecular complexity index is 172. The van der Waals surface area contributed by atoms with Gasteiger partial charge in [0.15, 0.2) is 0 Å². The summed E-state index contributed by atoms with van der Waals surface area (Å²) in [5.74, 6) is -0.304. The third-order valence-electron chi connectivity index (χ3n) is 2.08. The van der Waals surface area contributed by atoms with Gasteiger partial charge in [0.1, 0.15) is 6.04 Å². The first kappa shape index (κ1) is 12.4. The van der Waals surface area contributed by atoms with Crippen molar-refractivity contribution >= 4 is 5.97 Å². The minimum absolute atomic E-state index is 0.0408. The molecule has 78 valence electrons. The molecule has 0 aromatic carbocycles. The SMILES string of the molecule is CCC(C)OC(=O)[C@H](N)C(C)(C)C. The Labute approximate surface area is 80.6 Å². The van der Waals surface area contributed by atoms with Gasteiger partial charge in [0.25, 0.3) is 0 Å². The second-order valence-electron chi connectivity index (χ2n) is 4.50. The van der Waals surface area contributed by atoms with Crippen LogP contribution in [0.2, 0.25) is 0 Å². The van der Waals surface area contributed by atoms with Crippen LogP contribution in [-0.2, 0) is 9.53 Å². The highest BCUT2D eigenvalue weighted by Gasteiger charge is 2.29. The lowest BCUT2D eigenvalue weighted by atomic mass is 9.87. The van der Waals surface area contributed by atoms with Gasteiger partial charge in [-0.25, -0.2) is 0 Å². The standard InChI is InChI=1S/C10H21NO2/c1-6-7(2)13-9(12)8(11)10(3,4)5/h7-8H,6,11H2,1-5H3/t7?,8-/m0/s1. The molecule has 2 atom stereocenters. The van der Waals surface area contributed by atoms with E-state index >= 15 is 0 Å². The molecule has 0 rings (SSSR count). The van der Waals surface area contributed by atoms with E-state index in [4.69, 9.17) is 10.5 Å². The van der Waals surface area contributed by atoms with Gasteiger partial charge in [-0.15, -0.1) is 0 Å². The summed E-state index contributed by atoms with van der Waals surface area (Å²) in [6.45, 7) is 9.62. The van der Waals surface area contributed by atoms with Gasteiger partial charge in [0.05, 0.1) is 6.10 Å². The van der Waals surface area contributed by atoms with Crippen LogP contribution in [0, 0.1) is 5.41 Å². The molecule has 0 heterocycles. The summed E-state index contributed by atoms with van der Waals surface area (Å²) in [5, 5.41) is 0. The van der Waals surface area contributed by atoms with Crippen molar-refractivity contribution in [2.45, 2.75) is 53.2 Å². The fraction of sp³-hybridized carbons (Fsp3) is 0.900. The Kier molecular flexibility index (Phi) is 4.40. The van der Waals surface area contributed by atoms with Crippen LogP contribution in [0.1, 0.15) is 41.0 Å². The summed E-state index contributed by atoms with van der Waals surface area (Å²) in [5.41, 5.74) is 5.49. The van der Waals surface area contributed by atoms with E-state index in [0.29, 0.717) is 0 Å². The van der Waals surface area contributed by atoms with Gasteiger partial charge in [-0.3, -0.25) is 4.79 Å². The largest absolute Gasteiger partial charge is 0.462 e. The van der Waals surface area contributed by atoms with Crippen LogP contribution in [0.15, 0.2) is 0 Å². The van der Waals surface area contributed by atoms with Crippen molar-refractivity contribution in [1.82, 2.24) is 0 Å². The Morgan fingerprint density at radius 1 is 1.46 bits per heavy atom. The van der Waals surface area contributed by atoms with Crippen LogP contribution < -0.4 is 5.73 Å². The molecule has 0 fully saturated rings. The molecule has 13 heavy (non-hydrogen) atoms. The lowest BCUT2D eigenvalue weighted by Crippen LogP contribution is -2.44. The first-order valence-electron chi connectivity index (χ1n) is 4.75. The zero-order valence-electron chi connectivity index (χ0n) is 9.26. The third kappa shape index (κ3) is 4.27.